The highest BCUT2D eigenvalue weighted by Gasteiger charge is 2.15. The number of nitrogens with one attached hydrogen (secondary N) is 1. The molecular weight excluding hydrogens is 270 g/mol. The molecule has 8 nitrogen and oxygen atoms in total. The maximum absolute atomic E-state index is 11.8. The third-order valence-corrected chi connectivity index (χ3v) is 3.06. The summed E-state index contributed by atoms with van der Waals surface area (Å²) in [5, 5.41) is 8.08. The number of nitrogen functional groups attached to an aromatic ring is 1. The highest BCUT2D eigenvalue weighted by atomic mass is 32.1. The smallest absolute Gasteiger partial charge is 0.350 e. The van der Waals surface area contributed by atoms with Gasteiger partial charge in [-0.1, -0.05) is 0 Å². The van der Waals surface area contributed by atoms with Crippen molar-refractivity contribution in [3.63, 3.8) is 0 Å². The molecular formula is C10H11N5O3S. The quantitative estimate of drug-likeness (QED) is 0.782. The first-order valence-electron chi connectivity index (χ1n) is 5.20. The van der Waals surface area contributed by atoms with Crippen molar-refractivity contribution in [2.24, 2.45) is 0 Å². The van der Waals surface area contributed by atoms with Gasteiger partial charge in [-0.3, -0.25) is 4.79 Å². The van der Waals surface area contributed by atoms with E-state index in [9.17, 15) is 9.59 Å². The molecule has 0 radical (unpaired) electrons. The third-order valence-electron chi connectivity index (χ3n) is 2.17. The molecule has 0 spiro atoms. The molecule has 2 heterocycles. The number of methoxy groups -OCH3 is 1. The van der Waals surface area contributed by atoms with E-state index in [1.165, 1.54) is 29.5 Å². The Morgan fingerprint density at radius 3 is 3.00 bits per heavy atom. The summed E-state index contributed by atoms with van der Waals surface area (Å²) in [7, 11) is 1.28. The molecule has 0 aliphatic rings. The zero-order chi connectivity index (χ0) is 13.8. The minimum atomic E-state index is -0.490. The van der Waals surface area contributed by atoms with Gasteiger partial charge >= 0.3 is 5.97 Å². The summed E-state index contributed by atoms with van der Waals surface area (Å²) >= 11 is 1.19. The van der Waals surface area contributed by atoms with Crippen molar-refractivity contribution in [2.45, 2.75) is 6.54 Å². The van der Waals surface area contributed by atoms with Crippen LogP contribution in [0.5, 0.6) is 0 Å². The lowest BCUT2D eigenvalue weighted by Gasteiger charge is -2.05. The number of nitrogens with two attached hydrogens (primary N) is 1. The highest BCUT2D eigenvalue weighted by Crippen LogP contribution is 2.23. The molecule has 0 fully saturated rings. The molecule has 0 aliphatic heterocycles. The number of thiophene rings is 1. The van der Waals surface area contributed by atoms with Crippen LogP contribution in [0.15, 0.2) is 17.8 Å². The molecule has 2 aromatic heterocycles. The van der Waals surface area contributed by atoms with Gasteiger partial charge in [0.2, 0.25) is 11.9 Å². The van der Waals surface area contributed by atoms with Gasteiger partial charge in [0, 0.05) is 0 Å². The van der Waals surface area contributed by atoms with E-state index in [0.29, 0.717) is 10.6 Å². The largest absolute Gasteiger partial charge is 0.465 e. The topological polar surface area (TPSA) is 112 Å². The van der Waals surface area contributed by atoms with Gasteiger partial charge in [0.1, 0.15) is 17.7 Å². The van der Waals surface area contributed by atoms with Crippen LogP contribution < -0.4 is 11.1 Å². The summed E-state index contributed by atoms with van der Waals surface area (Å²) in [4.78, 5) is 27.2. The fraction of sp³-hybridized carbons (Fsp3) is 0.200. The van der Waals surface area contributed by atoms with E-state index in [-0.39, 0.29) is 18.4 Å². The SMILES string of the molecule is COC(=O)c1sccc1NC(=O)Cn1cnc(N)n1. The fourth-order valence-electron chi connectivity index (χ4n) is 1.38. The first-order chi connectivity index (χ1) is 9.10. The fourth-order valence-corrected chi connectivity index (χ4v) is 2.15. The van der Waals surface area contributed by atoms with Crippen molar-refractivity contribution in [1.29, 1.82) is 0 Å². The second-order valence-electron chi connectivity index (χ2n) is 3.50. The summed E-state index contributed by atoms with van der Waals surface area (Å²) in [6.45, 7) is -0.0410. The van der Waals surface area contributed by atoms with E-state index >= 15 is 0 Å². The van der Waals surface area contributed by atoms with Crippen molar-refractivity contribution in [3.8, 4) is 0 Å². The highest BCUT2D eigenvalue weighted by molar-refractivity contribution is 7.12. The number of hydrogen-bond acceptors (Lipinski definition) is 7. The van der Waals surface area contributed by atoms with Gasteiger partial charge in [-0.2, -0.15) is 0 Å². The number of carbonyl (C=O) groups excluding carboxylic acids is 2. The summed E-state index contributed by atoms with van der Waals surface area (Å²) in [6, 6.07) is 1.63. The zero-order valence-corrected chi connectivity index (χ0v) is 10.8. The Bertz CT molecular complexity index is 606. The first-order valence-corrected chi connectivity index (χ1v) is 6.08. The summed E-state index contributed by atoms with van der Waals surface area (Å²) < 4.78 is 5.91. The standard InChI is InChI=1S/C10H11N5O3S/c1-18-9(17)8-6(2-3-19-8)13-7(16)4-15-5-12-10(11)14-15/h2-3,5H,4H2,1H3,(H2,11,14)(H,13,16). The van der Waals surface area contributed by atoms with E-state index in [4.69, 9.17) is 5.73 Å². The Hall–Kier alpha value is -2.42. The number of aromatic nitrogens is 3. The first kappa shape index (κ1) is 13.0. The Balaban J connectivity index is 2.03. The van der Waals surface area contributed by atoms with Crippen LogP contribution in [0.2, 0.25) is 0 Å². The normalized spacial score (nSPS) is 10.2. The molecule has 19 heavy (non-hydrogen) atoms. The number of nitrogens with zero attached hydrogens (tertiary/aromatic N) is 3. The summed E-state index contributed by atoms with van der Waals surface area (Å²) in [6.07, 6.45) is 1.35. The van der Waals surface area contributed by atoms with Crippen LogP contribution in [0.1, 0.15) is 9.67 Å². The zero-order valence-electron chi connectivity index (χ0n) is 9.99. The Kier molecular flexibility index (Phi) is 3.76. The molecule has 100 valence electrons. The van der Waals surface area contributed by atoms with Gasteiger partial charge < -0.3 is 15.8 Å². The van der Waals surface area contributed by atoms with Gasteiger partial charge in [-0.05, 0) is 11.4 Å². The van der Waals surface area contributed by atoms with Crippen molar-refractivity contribution in [3.05, 3.63) is 22.7 Å². The van der Waals surface area contributed by atoms with E-state index in [1.807, 2.05) is 0 Å². The van der Waals surface area contributed by atoms with Gasteiger partial charge in [-0.25, -0.2) is 14.5 Å². The minimum absolute atomic E-state index is 0.0410. The Labute approximate surface area is 112 Å². The predicted molar refractivity (Wildman–Crippen MR) is 68.7 cm³/mol. The van der Waals surface area contributed by atoms with Crippen LogP contribution in [0, 0.1) is 0 Å². The number of amides is 1. The van der Waals surface area contributed by atoms with Crippen molar-refractivity contribution in [2.75, 3.05) is 18.2 Å². The molecule has 0 saturated carbocycles. The van der Waals surface area contributed by atoms with E-state index in [0.717, 1.165) is 0 Å². The van der Waals surface area contributed by atoms with Crippen LogP contribution in [-0.2, 0) is 16.1 Å². The van der Waals surface area contributed by atoms with Crippen LogP contribution in [0.3, 0.4) is 0 Å². The van der Waals surface area contributed by atoms with Crippen molar-refractivity contribution in [1.82, 2.24) is 14.8 Å². The predicted octanol–water partition coefficient (Wildman–Crippen LogP) is 0.347. The lowest BCUT2D eigenvalue weighted by molar-refractivity contribution is -0.116. The second-order valence-corrected chi connectivity index (χ2v) is 4.42. The lowest BCUT2D eigenvalue weighted by atomic mass is 10.4. The minimum Gasteiger partial charge on any atom is -0.465 e. The average Bonchev–Trinajstić information content (AvgIpc) is 2.97. The second kappa shape index (κ2) is 5.48. The molecule has 0 aliphatic carbocycles. The molecule has 0 atom stereocenters. The molecule has 0 unspecified atom stereocenters. The van der Waals surface area contributed by atoms with Gasteiger partial charge in [0.05, 0.1) is 12.8 Å². The molecule has 2 rings (SSSR count). The molecule has 0 bridgehead atoms. The molecule has 1 amide bonds. The van der Waals surface area contributed by atoms with E-state index in [1.54, 1.807) is 11.4 Å². The maximum atomic E-state index is 11.8. The van der Waals surface area contributed by atoms with E-state index in [2.05, 4.69) is 20.1 Å². The lowest BCUT2D eigenvalue weighted by Crippen LogP contribution is -2.20. The van der Waals surface area contributed by atoms with Gasteiger partial charge in [0.25, 0.3) is 0 Å². The third kappa shape index (κ3) is 3.07. The van der Waals surface area contributed by atoms with Gasteiger partial charge in [0.15, 0.2) is 0 Å². The number of hydrogen-bond donors (Lipinski definition) is 2. The van der Waals surface area contributed by atoms with Crippen LogP contribution in [-0.4, -0.2) is 33.8 Å². The van der Waals surface area contributed by atoms with Crippen LogP contribution in [0.4, 0.5) is 11.6 Å². The molecule has 3 N–H and O–H groups in total. The average molecular weight is 281 g/mol. The van der Waals surface area contributed by atoms with E-state index < -0.39 is 5.97 Å². The number of carbonyl (C=O) groups is 2. The van der Waals surface area contributed by atoms with Crippen LogP contribution in [0.25, 0.3) is 0 Å². The molecule has 2 aromatic rings. The van der Waals surface area contributed by atoms with Gasteiger partial charge in [-0.15, -0.1) is 16.4 Å². The summed E-state index contributed by atoms with van der Waals surface area (Å²) in [5.74, 6) is -0.734. The summed E-state index contributed by atoms with van der Waals surface area (Å²) in [5.41, 5.74) is 5.75. The molecule has 0 aromatic carbocycles. The van der Waals surface area contributed by atoms with Crippen molar-refractivity contribution < 1.29 is 14.3 Å². The van der Waals surface area contributed by atoms with Crippen molar-refractivity contribution >= 4 is 34.8 Å². The maximum Gasteiger partial charge on any atom is 0.350 e. The van der Waals surface area contributed by atoms with Crippen LogP contribution >= 0.6 is 11.3 Å². The molecule has 9 heteroatoms. The number of esters is 1. The number of rotatable bonds is 4. The number of anilines is 2. The monoisotopic (exact) mass is 281 g/mol. The Morgan fingerprint density at radius 1 is 1.58 bits per heavy atom. The Morgan fingerprint density at radius 2 is 2.37 bits per heavy atom. The molecule has 0 saturated heterocycles. The number of ether oxygens (including phenoxy) is 1.